The van der Waals surface area contributed by atoms with E-state index in [9.17, 15) is 9.59 Å². The predicted octanol–water partition coefficient (Wildman–Crippen LogP) is 3.79. The van der Waals surface area contributed by atoms with Crippen molar-refractivity contribution >= 4 is 36.4 Å². The second kappa shape index (κ2) is 11.1. The van der Waals surface area contributed by atoms with Crippen LogP contribution < -0.4 is 5.48 Å². The molecule has 3 rings (SSSR count). The molecule has 2 amide bonds. The van der Waals surface area contributed by atoms with E-state index in [0.717, 1.165) is 31.4 Å². The highest BCUT2D eigenvalue weighted by molar-refractivity contribution is 5.92. The average Bonchev–Trinajstić information content (AvgIpc) is 2.76. The zero-order chi connectivity index (χ0) is 19.8. The van der Waals surface area contributed by atoms with Gasteiger partial charge in [-0.05, 0) is 49.1 Å². The fourth-order valence-corrected chi connectivity index (χ4v) is 3.32. The minimum atomic E-state index is -0.630. The molecule has 2 aromatic rings. The first kappa shape index (κ1) is 22.3. The number of pyridine rings is 1. The Morgan fingerprint density at radius 3 is 2.38 bits per heavy atom. The number of hydrogen-bond donors (Lipinski definition) is 2. The Bertz CT molecular complexity index is 884. The van der Waals surface area contributed by atoms with Crippen LogP contribution in [0.4, 0.5) is 0 Å². The first-order valence-electron chi connectivity index (χ1n) is 9.30. The third-order valence-corrected chi connectivity index (χ3v) is 4.67. The maximum absolute atomic E-state index is 12.8. The van der Waals surface area contributed by atoms with Gasteiger partial charge in [0.2, 0.25) is 5.91 Å². The van der Waals surface area contributed by atoms with E-state index in [2.05, 4.69) is 17.1 Å². The second-order valence-corrected chi connectivity index (χ2v) is 6.58. The van der Waals surface area contributed by atoms with Gasteiger partial charge in [0.15, 0.2) is 0 Å². The van der Waals surface area contributed by atoms with Gasteiger partial charge in [0, 0.05) is 18.7 Å². The van der Waals surface area contributed by atoms with Gasteiger partial charge in [0.05, 0.1) is 17.4 Å². The van der Waals surface area contributed by atoms with Crippen molar-refractivity contribution < 1.29 is 14.8 Å². The van der Waals surface area contributed by atoms with Gasteiger partial charge < -0.3 is 4.90 Å². The summed E-state index contributed by atoms with van der Waals surface area (Å²) in [6.07, 6.45) is 8.99. The summed E-state index contributed by atoms with van der Waals surface area (Å²) in [5, 5.41) is 8.52. The topological polar surface area (TPSA) is 82.5 Å². The maximum atomic E-state index is 12.8. The van der Waals surface area contributed by atoms with Crippen molar-refractivity contribution in [1.29, 1.82) is 0 Å². The van der Waals surface area contributed by atoms with Crippen LogP contribution in [0.5, 0.6) is 0 Å². The van der Waals surface area contributed by atoms with Crippen LogP contribution in [-0.2, 0) is 9.59 Å². The normalized spacial score (nSPS) is 16.6. The molecule has 1 aromatic carbocycles. The van der Waals surface area contributed by atoms with Crippen molar-refractivity contribution in [2.45, 2.75) is 25.3 Å². The third kappa shape index (κ3) is 6.27. The van der Waals surface area contributed by atoms with Gasteiger partial charge in [-0.3, -0.25) is 14.8 Å². The van der Waals surface area contributed by atoms with E-state index < -0.39 is 5.91 Å². The highest BCUT2D eigenvalue weighted by atomic mass is 35.5. The van der Waals surface area contributed by atoms with Gasteiger partial charge in [0.1, 0.15) is 0 Å². The van der Waals surface area contributed by atoms with E-state index in [1.165, 1.54) is 17.6 Å². The Morgan fingerprint density at radius 2 is 1.69 bits per heavy atom. The standard InChI is InChI=1S/C22H23N3O3.ClH/c26-21(24-28)14-12-18-9-6-10-19(23-18)13-15-22(27)25-16-5-4-11-20(25)17-7-2-1-3-8-17;/h1-3,6-10,12-15,20,28H,4-5,11,16H2,(H,24,26);1H/b14-12+,15-13+;. The molecule has 2 N–H and O–H groups in total. The van der Waals surface area contributed by atoms with Crippen LogP contribution in [-0.4, -0.2) is 33.5 Å². The van der Waals surface area contributed by atoms with Crippen LogP contribution >= 0.6 is 12.4 Å². The quantitative estimate of drug-likeness (QED) is 0.444. The monoisotopic (exact) mass is 413 g/mol. The summed E-state index contributed by atoms with van der Waals surface area (Å²) in [4.78, 5) is 30.2. The molecule has 152 valence electrons. The largest absolute Gasteiger partial charge is 0.332 e. The first-order chi connectivity index (χ1) is 13.7. The number of rotatable bonds is 5. The van der Waals surface area contributed by atoms with Crippen LogP contribution in [0.1, 0.15) is 42.3 Å². The molecule has 29 heavy (non-hydrogen) atoms. The zero-order valence-corrected chi connectivity index (χ0v) is 16.7. The summed E-state index contributed by atoms with van der Waals surface area (Å²) in [7, 11) is 0. The van der Waals surface area contributed by atoms with Gasteiger partial charge in [-0.15, -0.1) is 12.4 Å². The van der Waals surface area contributed by atoms with E-state index >= 15 is 0 Å². The third-order valence-electron chi connectivity index (χ3n) is 4.67. The van der Waals surface area contributed by atoms with Crippen molar-refractivity contribution in [1.82, 2.24) is 15.4 Å². The van der Waals surface area contributed by atoms with Gasteiger partial charge in [-0.2, -0.15) is 0 Å². The molecule has 0 saturated carbocycles. The molecule has 1 unspecified atom stereocenters. The van der Waals surface area contributed by atoms with Crippen LogP contribution in [0.2, 0.25) is 0 Å². The number of likely N-dealkylation sites (tertiary alicyclic amines) is 1. The van der Waals surface area contributed by atoms with Crippen LogP contribution in [0.15, 0.2) is 60.7 Å². The predicted molar refractivity (Wildman–Crippen MR) is 114 cm³/mol. The maximum Gasteiger partial charge on any atom is 0.267 e. The molecule has 7 heteroatoms. The van der Waals surface area contributed by atoms with Crippen molar-refractivity contribution in [3.63, 3.8) is 0 Å². The number of nitrogens with zero attached hydrogens (tertiary/aromatic N) is 2. The fraction of sp³-hybridized carbons (Fsp3) is 0.227. The Kier molecular flexibility index (Phi) is 8.58. The molecule has 0 spiro atoms. The number of aromatic nitrogens is 1. The minimum Gasteiger partial charge on any atom is -0.332 e. The molecular formula is C22H24ClN3O3. The van der Waals surface area contributed by atoms with Crippen molar-refractivity contribution in [3.8, 4) is 0 Å². The van der Waals surface area contributed by atoms with E-state index in [0.29, 0.717) is 11.4 Å². The number of hydrogen-bond acceptors (Lipinski definition) is 4. The zero-order valence-electron chi connectivity index (χ0n) is 15.9. The SMILES string of the molecule is Cl.O=C(/C=C/c1cccc(/C=C/C(=O)N2CCCCC2c2ccccc2)n1)NO. The van der Waals surface area contributed by atoms with E-state index in [1.807, 2.05) is 23.1 Å². The second-order valence-electron chi connectivity index (χ2n) is 6.58. The summed E-state index contributed by atoms with van der Waals surface area (Å²) >= 11 is 0. The summed E-state index contributed by atoms with van der Waals surface area (Å²) < 4.78 is 0. The molecule has 6 nitrogen and oxygen atoms in total. The summed E-state index contributed by atoms with van der Waals surface area (Å²) in [6, 6.07) is 15.5. The molecule has 1 aliphatic rings. The molecule has 0 bridgehead atoms. The molecule has 2 heterocycles. The van der Waals surface area contributed by atoms with Crippen molar-refractivity contribution in [2.24, 2.45) is 0 Å². The van der Waals surface area contributed by atoms with E-state index in [4.69, 9.17) is 5.21 Å². The highest BCUT2D eigenvalue weighted by Gasteiger charge is 2.26. The lowest BCUT2D eigenvalue weighted by atomic mass is 9.95. The van der Waals surface area contributed by atoms with E-state index in [-0.39, 0.29) is 24.4 Å². The number of piperidine rings is 1. The summed E-state index contributed by atoms with van der Waals surface area (Å²) in [6.45, 7) is 0.745. The molecule has 0 radical (unpaired) electrons. The Balaban J connectivity index is 0.00000300. The summed E-state index contributed by atoms with van der Waals surface area (Å²) in [5.41, 5.74) is 3.86. The highest BCUT2D eigenvalue weighted by Crippen LogP contribution is 2.30. The molecule has 1 atom stereocenters. The van der Waals surface area contributed by atoms with Gasteiger partial charge in [-0.25, -0.2) is 10.5 Å². The first-order valence-corrected chi connectivity index (χ1v) is 9.30. The summed E-state index contributed by atoms with van der Waals surface area (Å²) in [5.74, 6) is -0.661. The molecular weight excluding hydrogens is 390 g/mol. The molecule has 1 aromatic heterocycles. The van der Waals surface area contributed by atoms with Gasteiger partial charge in [-0.1, -0.05) is 36.4 Å². The Hall–Kier alpha value is -2.96. The van der Waals surface area contributed by atoms with E-state index in [1.54, 1.807) is 30.4 Å². The smallest absolute Gasteiger partial charge is 0.267 e. The lowest BCUT2D eigenvalue weighted by Crippen LogP contribution is -2.37. The fourth-order valence-electron chi connectivity index (χ4n) is 3.32. The lowest BCUT2D eigenvalue weighted by molar-refractivity contribution is -0.129. The number of amides is 2. The van der Waals surface area contributed by atoms with Crippen LogP contribution in [0.3, 0.4) is 0 Å². The lowest BCUT2D eigenvalue weighted by Gasteiger charge is -2.35. The van der Waals surface area contributed by atoms with Crippen molar-refractivity contribution in [2.75, 3.05) is 6.54 Å². The van der Waals surface area contributed by atoms with Gasteiger partial charge in [0.25, 0.3) is 5.91 Å². The number of nitrogens with one attached hydrogen (secondary N) is 1. The Labute approximate surface area is 176 Å². The molecule has 1 fully saturated rings. The van der Waals surface area contributed by atoms with Crippen molar-refractivity contribution in [3.05, 3.63) is 77.6 Å². The molecule has 0 aliphatic carbocycles. The molecule has 1 aliphatic heterocycles. The number of carbonyl (C=O) groups is 2. The molecule has 1 saturated heterocycles. The number of carbonyl (C=O) groups excluding carboxylic acids is 2. The average molecular weight is 414 g/mol. The number of benzene rings is 1. The minimum absolute atomic E-state index is 0. The van der Waals surface area contributed by atoms with Gasteiger partial charge >= 0.3 is 0 Å². The Morgan fingerprint density at radius 1 is 1.00 bits per heavy atom. The number of hydroxylamine groups is 1. The van der Waals surface area contributed by atoms with Crippen LogP contribution in [0, 0.1) is 0 Å². The number of halogens is 1. The van der Waals surface area contributed by atoms with Crippen LogP contribution in [0.25, 0.3) is 12.2 Å².